The molecule has 3 heteroatoms. The van der Waals surface area contributed by atoms with Gasteiger partial charge in [0.25, 0.3) is 0 Å². The molecule has 1 aliphatic carbocycles. The third-order valence-electron chi connectivity index (χ3n) is 3.91. The molecule has 0 radical (unpaired) electrons. The second-order valence-corrected chi connectivity index (χ2v) is 5.09. The van der Waals surface area contributed by atoms with E-state index < -0.39 is 0 Å². The zero-order chi connectivity index (χ0) is 13.3. The van der Waals surface area contributed by atoms with Crippen LogP contribution in [0.25, 0.3) is 0 Å². The van der Waals surface area contributed by atoms with Crippen molar-refractivity contribution in [3.63, 3.8) is 0 Å². The lowest BCUT2D eigenvalue weighted by Gasteiger charge is -2.18. The third-order valence-corrected chi connectivity index (χ3v) is 3.91. The van der Waals surface area contributed by atoms with Crippen molar-refractivity contribution in [2.45, 2.75) is 33.1 Å². The minimum absolute atomic E-state index is 0.167. The smallest absolute Gasteiger partial charge is 0.125 e. The molecule has 1 fully saturated rings. The predicted molar refractivity (Wildman–Crippen MR) is 70.0 cm³/mol. The van der Waals surface area contributed by atoms with Crippen molar-refractivity contribution in [3.05, 3.63) is 22.8 Å². The molecule has 1 aromatic rings. The van der Waals surface area contributed by atoms with E-state index in [9.17, 15) is 5.26 Å². The Morgan fingerprint density at radius 1 is 1.22 bits per heavy atom. The highest BCUT2D eigenvalue weighted by atomic mass is 16.5. The van der Waals surface area contributed by atoms with Crippen molar-refractivity contribution in [1.82, 2.24) is 0 Å². The molecule has 0 N–H and O–H groups in total. The first-order valence-corrected chi connectivity index (χ1v) is 6.19. The van der Waals surface area contributed by atoms with Gasteiger partial charge < -0.3 is 9.47 Å². The van der Waals surface area contributed by atoms with Crippen molar-refractivity contribution in [2.75, 3.05) is 14.2 Å². The van der Waals surface area contributed by atoms with Crippen LogP contribution in [0.4, 0.5) is 0 Å². The van der Waals surface area contributed by atoms with Crippen LogP contribution in [0, 0.1) is 30.6 Å². The van der Waals surface area contributed by atoms with Gasteiger partial charge in [-0.25, -0.2) is 0 Å². The van der Waals surface area contributed by atoms with Gasteiger partial charge in [-0.3, -0.25) is 0 Å². The van der Waals surface area contributed by atoms with E-state index in [1.54, 1.807) is 14.2 Å². The molecule has 0 saturated heterocycles. The van der Waals surface area contributed by atoms with Crippen LogP contribution in [-0.2, 0) is 6.42 Å². The first-order chi connectivity index (χ1) is 8.56. The molecule has 0 aliphatic heterocycles. The lowest BCUT2D eigenvalue weighted by molar-refractivity contribution is 0.391. The number of benzene rings is 1. The summed E-state index contributed by atoms with van der Waals surface area (Å²) in [6, 6.07) is 4.44. The van der Waals surface area contributed by atoms with Gasteiger partial charge in [0.1, 0.15) is 11.5 Å². The van der Waals surface area contributed by atoms with Gasteiger partial charge in [0, 0.05) is 0 Å². The Morgan fingerprint density at radius 2 is 1.89 bits per heavy atom. The standard InChI is InChI=1S/C15H19NO2/c1-10-11(2)14(18-4)12(7-13(10)17-3)8-15(9-16)5-6-15/h7H,5-6,8H2,1-4H3. The van der Waals surface area contributed by atoms with E-state index in [0.29, 0.717) is 0 Å². The van der Waals surface area contributed by atoms with Gasteiger partial charge >= 0.3 is 0 Å². The van der Waals surface area contributed by atoms with Gasteiger partial charge in [0.15, 0.2) is 0 Å². The molecule has 0 atom stereocenters. The van der Waals surface area contributed by atoms with Crippen LogP contribution >= 0.6 is 0 Å². The lowest BCUT2D eigenvalue weighted by atomic mass is 9.93. The van der Waals surface area contributed by atoms with Gasteiger partial charge in [-0.2, -0.15) is 5.26 Å². The Kier molecular flexibility index (Phi) is 3.21. The molecule has 0 unspecified atom stereocenters. The Morgan fingerprint density at radius 3 is 2.33 bits per heavy atom. The fourth-order valence-corrected chi connectivity index (χ4v) is 2.40. The van der Waals surface area contributed by atoms with Crippen molar-refractivity contribution in [3.8, 4) is 17.6 Å². The number of hydrogen-bond acceptors (Lipinski definition) is 3. The Bertz CT molecular complexity index is 510. The van der Waals surface area contributed by atoms with Crippen LogP contribution in [0.15, 0.2) is 6.07 Å². The van der Waals surface area contributed by atoms with Crippen LogP contribution in [0.5, 0.6) is 11.5 Å². The zero-order valence-corrected chi connectivity index (χ0v) is 11.5. The van der Waals surface area contributed by atoms with Gasteiger partial charge in [-0.15, -0.1) is 0 Å². The van der Waals surface area contributed by atoms with E-state index in [1.807, 2.05) is 19.9 Å². The predicted octanol–water partition coefficient (Wildman–Crippen LogP) is 3.17. The quantitative estimate of drug-likeness (QED) is 0.818. The van der Waals surface area contributed by atoms with Gasteiger partial charge in [0.05, 0.1) is 25.7 Å². The van der Waals surface area contributed by atoms with Crippen LogP contribution in [0.3, 0.4) is 0 Å². The van der Waals surface area contributed by atoms with E-state index in [1.165, 1.54) is 0 Å². The van der Waals surface area contributed by atoms with Gasteiger partial charge in [0.2, 0.25) is 0 Å². The molecule has 0 heterocycles. The molecule has 0 amide bonds. The number of ether oxygens (including phenoxy) is 2. The highest BCUT2D eigenvalue weighted by molar-refractivity contribution is 5.53. The highest BCUT2D eigenvalue weighted by Crippen LogP contribution is 2.49. The molecule has 0 bridgehead atoms. The highest BCUT2D eigenvalue weighted by Gasteiger charge is 2.43. The maximum absolute atomic E-state index is 9.21. The molecule has 18 heavy (non-hydrogen) atoms. The summed E-state index contributed by atoms with van der Waals surface area (Å²) in [6.45, 7) is 4.06. The maximum atomic E-state index is 9.21. The van der Waals surface area contributed by atoms with E-state index >= 15 is 0 Å². The van der Waals surface area contributed by atoms with Crippen LogP contribution in [0.2, 0.25) is 0 Å². The summed E-state index contributed by atoms with van der Waals surface area (Å²) in [6.07, 6.45) is 2.73. The maximum Gasteiger partial charge on any atom is 0.125 e. The normalized spacial score (nSPS) is 15.9. The lowest BCUT2D eigenvalue weighted by Crippen LogP contribution is -2.06. The number of rotatable bonds is 4. The topological polar surface area (TPSA) is 42.2 Å². The fraction of sp³-hybridized carbons (Fsp3) is 0.533. The summed E-state index contributed by atoms with van der Waals surface area (Å²) >= 11 is 0. The number of methoxy groups -OCH3 is 2. The first-order valence-electron chi connectivity index (χ1n) is 6.19. The Hall–Kier alpha value is -1.69. The summed E-state index contributed by atoms with van der Waals surface area (Å²) in [5, 5.41) is 9.21. The van der Waals surface area contributed by atoms with E-state index in [0.717, 1.165) is 47.5 Å². The summed E-state index contributed by atoms with van der Waals surface area (Å²) in [5.41, 5.74) is 3.11. The molecule has 96 valence electrons. The molecule has 3 nitrogen and oxygen atoms in total. The molecular formula is C15H19NO2. The molecule has 2 rings (SSSR count). The average Bonchev–Trinajstić information content (AvgIpc) is 3.14. The number of nitriles is 1. The second-order valence-electron chi connectivity index (χ2n) is 5.09. The summed E-state index contributed by atoms with van der Waals surface area (Å²) in [4.78, 5) is 0. The van der Waals surface area contributed by atoms with Crippen molar-refractivity contribution >= 4 is 0 Å². The third kappa shape index (κ3) is 2.03. The summed E-state index contributed by atoms with van der Waals surface area (Å²) in [7, 11) is 3.36. The molecule has 0 spiro atoms. The molecule has 0 aromatic heterocycles. The minimum Gasteiger partial charge on any atom is -0.496 e. The average molecular weight is 245 g/mol. The van der Waals surface area contributed by atoms with Crippen molar-refractivity contribution in [2.24, 2.45) is 5.41 Å². The van der Waals surface area contributed by atoms with Crippen molar-refractivity contribution < 1.29 is 9.47 Å². The first kappa shape index (κ1) is 12.8. The number of nitrogens with zero attached hydrogens (tertiary/aromatic N) is 1. The second kappa shape index (κ2) is 4.53. The summed E-state index contributed by atoms with van der Waals surface area (Å²) < 4.78 is 10.9. The van der Waals surface area contributed by atoms with E-state index in [4.69, 9.17) is 9.47 Å². The fourth-order valence-electron chi connectivity index (χ4n) is 2.40. The Labute approximate surface area is 108 Å². The molecule has 1 aliphatic rings. The summed E-state index contributed by atoms with van der Waals surface area (Å²) in [5.74, 6) is 1.77. The van der Waals surface area contributed by atoms with Gasteiger partial charge in [-0.05, 0) is 55.9 Å². The van der Waals surface area contributed by atoms with E-state index in [2.05, 4.69) is 6.07 Å². The SMILES string of the molecule is COc1cc(CC2(C#N)CC2)c(OC)c(C)c1C. The minimum atomic E-state index is -0.167. The molecule has 1 saturated carbocycles. The van der Waals surface area contributed by atoms with Crippen LogP contribution in [-0.4, -0.2) is 14.2 Å². The van der Waals surface area contributed by atoms with Gasteiger partial charge in [-0.1, -0.05) is 0 Å². The monoisotopic (exact) mass is 245 g/mol. The largest absolute Gasteiger partial charge is 0.496 e. The van der Waals surface area contributed by atoms with Crippen LogP contribution < -0.4 is 9.47 Å². The number of hydrogen-bond donors (Lipinski definition) is 0. The zero-order valence-electron chi connectivity index (χ0n) is 11.5. The van der Waals surface area contributed by atoms with Crippen LogP contribution in [0.1, 0.15) is 29.5 Å². The molecule has 1 aromatic carbocycles. The molecular weight excluding hydrogens is 226 g/mol. The van der Waals surface area contributed by atoms with E-state index in [-0.39, 0.29) is 5.41 Å². The Balaban J connectivity index is 2.45. The van der Waals surface area contributed by atoms with Crippen molar-refractivity contribution in [1.29, 1.82) is 5.26 Å².